The quantitative estimate of drug-likeness (QED) is 0.632. The first-order valence-electron chi connectivity index (χ1n) is 4.87. The Balaban J connectivity index is 2.13. The topological polar surface area (TPSA) is 20.3 Å². The molecule has 1 aliphatic rings. The van der Waals surface area contributed by atoms with Crippen LogP contribution in [0.2, 0.25) is 0 Å². The van der Waals surface area contributed by atoms with Gasteiger partial charge in [-0.1, -0.05) is 20.8 Å². The Kier molecular flexibility index (Phi) is 3.12. The Morgan fingerprint density at radius 3 is 2.50 bits per heavy atom. The largest absolute Gasteiger partial charge is 0.342 e. The number of hydrogen-bond acceptors (Lipinski definition) is 1. The first-order chi connectivity index (χ1) is 5.59. The lowest BCUT2D eigenvalue weighted by molar-refractivity contribution is -0.137. The van der Waals surface area contributed by atoms with E-state index in [0.29, 0.717) is 11.8 Å². The summed E-state index contributed by atoms with van der Waals surface area (Å²) in [5.41, 5.74) is 0. The van der Waals surface area contributed by atoms with E-state index in [9.17, 15) is 4.79 Å². The van der Waals surface area contributed by atoms with Crippen molar-refractivity contribution >= 4 is 5.91 Å². The molecule has 0 aromatic rings. The van der Waals surface area contributed by atoms with Gasteiger partial charge in [-0.25, -0.2) is 0 Å². The molecule has 0 bridgehead atoms. The average Bonchev–Trinajstić information content (AvgIpc) is 1.94. The van der Waals surface area contributed by atoms with Crippen LogP contribution >= 0.6 is 0 Å². The second-order valence-corrected chi connectivity index (χ2v) is 4.34. The van der Waals surface area contributed by atoms with Gasteiger partial charge in [-0.15, -0.1) is 0 Å². The van der Waals surface area contributed by atoms with Crippen molar-refractivity contribution < 1.29 is 4.79 Å². The van der Waals surface area contributed by atoms with E-state index in [-0.39, 0.29) is 0 Å². The number of nitrogens with zero attached hydrogens (tertiary/aromatic N) is 1. The molecule has 0 aromatic heterocycles. The Hall–Kier alpha value is -0.530. The number of amides is 1. The molecular weight excluding hydrogens is 150 g/mol. The van der Waals surface area contributed by atoms with Crippen LogP contribution in [-0.2, 0) is 4.79 Å². The minimum atomic E-state index is 0.349. The second-order valence-electron chi connectivity index (χ2n) is 4.34. The van der Waals surface area contributed by atoms with E-state index >= 15 is 0 Å². The Bertz CT molecular complexity index is 159. The zero-order chi connectivity index (χ0) is 9.14. The molecule has 2 nitrogen and oxygen atoms in total. The summed E-state index contributed by atoms with van der Waals surface area (Å²) in [7, 11) is 0. The molecule has 1 aliphatic heterocycles. The van der Waals surface area contributed by atoms with E-state index in [4.69, 9.17) is 0 Å². The summed E-state index contributed by atoms with van der Waals surface area (Å²) in [6.45, 7) is 8.47. The van der Waals surface area contributed by atoms with Gasteiger partial charge in [-0.3, -0.25) is 4.79 Å². The van der Waals surface area contributed by atoms with Crippen molar-refractivity contribution in [1.29, 1.82) is 0 Å². The molecule has 2 heteroatoms. The molecule has 1 heterocycles. The highest BCUT2D eigenvalue weighted by Crippen LogP contribution is 2.16. The number of carbonyl (C=O) groups excluding carboxylic acids is 1. The molecule has 0 atom stereocenters. The van der Waals surface area contributed by atoms with Crippen molar-refractivity contribution in [3.63, 3.8) is 0 Å². The van der Waals surface area contributed by atoms with Crippen molar-refractivity contribution in [3.8, 4) is 0 Å². The summed E-state index contributed by atoms with van der Waals surface area (Å²) < 4.78 is 0. The molecule has 0 saturated carbocycles. The van der Waals surface area contributed by atoms with Crippen molar-refractivity contribution in [1.82, 2.24) is 4.90 Å². The van der Waals surface area contributed by atoms with Gasteiger partial charge >= 0.3 is 0 Å². The summed E-state index contributed by atoms with van der Waals surface area (Å²) in [6, 6.07) is 0. The Morgan fingerprint density at radius 2 is 2.08 bits per heavy atom. The Labute approximate surface area is 74.9 Å². The fourth-order valence-electron chi connectivity index (χ4n) is 1.47. The minimum absolute atomic E-state index is 0.349. The van der Waals surface area contributed by atoms with Gasteiger partial charge in [0.05, 0.1) is 0 Å². The van der Waals surface area contributed by atoms with Gasteiger partial charge < -0.3 is 4.90 Å². The monoisotopic (exact) mass is 169 g/mol. The highest BCUT2D eigenvalue weighted by molar-refractivity contribution is 5.76. The predicted molar refractivity (Wildman–Crippen MR) is 49.8 cm³/mol. The van der Waals surface area contributed by atoms with E-state index in [1.807, 2.05) is 4.90 Å². The van der Waals surface area contributed by atoms with Crippen LogP contribution in [0.1, 0.15) is 33.6 Å². The highest BCUT2D eigenvalue weighted by atomic mass is 16.2. The smallest absolute Gasteiger partial charge is 0.222 e. The van der Waals surface area contributed by atoms with E-state index in [1.54, 1.807) is 0 Å². The zero-order valence-corrected chi connectivity index (χ0v) is 8.34. The summed E-state index contributed by atoms with van der Waals surface area (Å²) in [4.78, 5) is 13.4. The molecule has 1 saturated heterocycles. The van der Waals surface area contributed by atoms with E-state index in [0.717, 1.165) is 31.8 Å². The SMILES string of the molecule is CC(C)CCC(=O)N1CC(C)C1. The normalized spacial score (nSPS) is 18.2. The van der Waals surface area contributed by atoms with Crippen LogP contribution in [-0.4, -0.2) is 23.9 Å². The third-order valence-corrected chi connectivity index (χ3v) is 2.35. The molecule has 0 unspecified atom stereocenters. The molecule has 1 fully saturated rings. The van der Waals surface area contributed by atoms with Crippen molar-refractivity contribution in [2.45, 2.75) is 33.6 Å². The van der Waals surface area contributed by atoms with Gasteiger partial charge in [-0.2, -0.15) is 0 Å². The van der Waals surface area contributed by atoms with Gasteiger partial charge in [0.15, 0.2) is 0 Å². The maximum atomic E-state index is 11.4. The van der Waals surface area contributed by atoms with Gasteiger partial charge in [0.2, 0.25) is 5.91 Å². The maximum absolute atomic E-state index is 11.4. The third kappa shape index (κ3) is 2.50. The number of hydrogen-bond donors (Lipinski definition) is 0. The lowest BCUT2D eigenvalue weighted by atomic mass is 10.0. The van der Waals surface area contributed by atoms with Gasteiger partial charge in [-0.05, 0) is 18.3 Å². The standard InChI is InChI=1S/C10H19NO/c1-8(2)4-5-10(12)11-6-9(3)7-11/h8-9H,4-7H2,1-3H3. The van der Waals surface area contributed by atoms with Crippen LogP contribution in [0.3, 0.4) is 0 Å². The highest BCUT2D eigenvalue weighted by Gasteiger charge is 2.26. The van der Waals surface area contributed by atoms with Gasteiger partial charge in [0.1, 0.15) is 0 Å². The summed E-state index contributed by atoms with van der Waals surface area (Å²) >= 11 is 0. The molecule has 70 valence electrons. The molecule has 0 spiro atoms. The number of likely N-dealkylation sites (tertiary alicyclic amines) is 1. The van der Waals surface area contributed by atoms with Crippen LogP contribution in [0, 0.1) is 11.8 Å². The van der Waals surface area contributed by atoms with Gasteiger partial charge in [0.25, 0.3) is 0 Å². The van der Waals surface area contributed by atoms with Crippen LogP contribution in [0.25, 0.3) is 0 Å². The first-order valence-corrected chi connectivity index (χ1v) is 4.87. The maximum Gasteiger partial charge on any atom is 0.222 e. The van der Waals surface area contributed by atoms with Gasteiger partial charge in [0, 0.05) is 19.5 Å². The fraction of sp³-hybridized carbons (Fsp3) is 0.900. The minimum Gasteiger partial charge on any atom is -0.342 e. The van der Waals surface area contributed by atoms with Crippen molar-refractivity contribution in [2.24, 2.45) is 11.8 Å². The molecule has 0 radical (unpaired) electrons. The molecule has 12 heavy (non-hydrogen) atoms. The van der Waals surface area contributed by atoms with E-state index in [2.05, 4.69) is 20.8 Å². The number of rotatable bonds is 3. The molecule has 1 rings (SSSR count). The molecule has 0 aliphatic carbocycles. The fourth-order valence-corrected chi connectivity index (χ4v) is 1.47. The molecular formula is C10H19NO. The first kappa shape index (κ1) is 9.56. The predicted octanol–water partition coefficient (Wildman–Crippen LogP) is 1.90. The van der Waals surface area contributed by atoms with Crippen molar-refractivity contribution in [3.05, 3.63) is 0 Å². The number of carbonyl (C=O) groups is 1. The van der Waals surface area contributed by atoms with Crippen LogP contribution < -0.4 is 0 Å². The lowest BCUT2D eigenvalue weighted by Crippen LogP contribution is -2.48. The molecule has 0 aromatic carbocycles. The van der Waals surface area contributed by atoms with Crippen LogP contribution in [0.5, 0.6) is 0 Å². The summed E-state index contributed by atoms with van der Waals surface area (Å²) in [6.07, 6.45) is 1.77. The van der Waals surface area contributed by atoms with Crippen molar-refractivity contribution in [2.75, 3.05) is 13.1 Å². The average molecular weight is 169 g/mol. The van der Waals surface area contributed by atoms with Crippen LogP contribution in [0.4, 0.5) is 0 Å². The molecule has 1 amide bonds. The van der Waals surface area contributed by atoms with E-state index in [1.165, 1.54) is 0 Å². The lowest BCUT2D eigenvalue weighted by Gasteiger charge is -2.37. The second kappa shape index (κ2) is 3.92. The summed E-state index contributed by atoms with van der Waals surface area (Å²) in [5, 5.41) is 0. The molecule has 0 N–H and O–H groups in total. The Morgan fingerprint density at radius 1 is 1.50 bits per heavy atom. The zero-order valence-electron chi connectivity index (χ0n) is 8.34. The summed E-state index contributed by atoms with van der Waals surface area (Å²) in [5.74, 6) is 1.72. The third-order valence-electron chi connectivity index (χ3n) is 2.35. The van der Waals surface area contributed by atoms with E-state index < -0.39 is 0 Å². The van der Waals surface area contributed by atoms with Crippen LogP contribution in [0.15, 0.2) is 0 Å².